The van der Waals surface area contributed by atoms with E-state index in [9.17, 15) is 4.79 Å². The first-order valence-corrected chi connectivity index (χ1v) is 6.80. The molecule has 1 aromatic carbocycles. The lowest BCUT2D eigenvalue weighted by Gasteiger charge is -2.15. The second-order valence-electron chi connectivity index (χ2n) is 5.44. The summed E-state index contributed by atoms with van der Waals surface area (Å²) in [5.41, 5.74) is 8.49. The molecule has 0 bridgehead atoms. The zero-order valence-corrected chi connectivity index (χ0v) is 11.8. The van der Waals surface area contributed by atoms with Gasteiger partial charge in [0.1, 0.15) is 5.78 Å². The quantitative estimate of drug-likeness (QED) is 0.803. The zero-order valence-electron chi connectivity index (χ0n) is 11.8. The molecule has 2 atom stereocenters. The van der Waals surface area contributed by atoms with Crippen molar-refractivity contribution in [2.75, 3.05) is 0 Å². The predicted octanol–water partition coefficient (Wildman–Crippen LogP) is 3.26. The maximum Gasteiger partial charge on any atom is 0.146 e. The van der Waals surface area contributed by atoms with E-state index >= 15 is 0 Å². The van der Waals surface area contributed by atoms with Gasteiger partial charge in [0.2, 0.25) is 0 Å². The molecule has 0 spiro atoms. The molecule has 18 heavy (non-hydrogen) atoms. The SMILES string of the molecule is CC(=O)C(N)CC(C)CCCc1cccc(C)c1. The Bertz CT molecular complexity index is 386. The fourth-order valence-corrected chi connectivity index (χ4v) is 2.24. The van der Waals surface area contributed by atoms with Crippen LogP contribution in [0.2, 0.25) is 0 Å². The molecule has 2 N–H and O–H groups in total. The minimum Gasteiger partial charge on any atom is -0.322 e. The van der Waals surface area contributed by atoms with Crippen LogP contribution in [0.4, 0.5) is 0 Å². The van der Waals surface area contributed by atoms with Gasteiger partial charge in [-0.1, -0.05) is 43.2 Å². The number of carbonyl (C=O) groups excluding carboxylic acids is 1. The van der Waals surface area contributed by atoms with E-state index in [1.165, 1.54) is 11.1 Å². The Labute approximate surface area is 111 Å². The summed E-state index contributed by atoms with van der Waals surface area (Å²) >= 11 is 0. The number of benzene rings is 1. The lowest BCUT2D eigenvalue weighted by atomic mass is 9.94. The van der Waals surface area contributed by atoms with Gasteiger partial charge in [0.25, 0.3) is 0 Å². The van der Waals surface area contributed by atoms with Crippen LogP contribution in [0, 0.1) is 12.8 Å². The molecule has 0 saturated carbocycles. The third-order valence-corrected chi connectivity index (χ3v) is 3.42. The maximum absolute atomic E-state index is 11.1. The largest absolute Gasteiger partial charge is 0.322 e. The number of aryl methyl sites for hydroxylation is 2. The molecule has 100 valence electrons. The van der Waals surface area contributed by atoms with Crippen molar-refractivity contribution in [3.05, 3.63) is 35.4 Å². The van der Waals surface area contributed by atoms with Crippen molar-refractivity contribution in [1.82, 2.24) is 0 Å². The van der Waals surface area contributed by atoms with Gasteiger partial charge in [0, 0.05) is 0 Å². The van der Waals surface area contributed by atoms with Gasteiger partial charge < -0.3 is 5.73 Å². The zero-order chi connectivity index (χ0) is 13.5. The third kappa shape index (κ3) is 5.46. The molecule has 0 aliphatic rings. The summed E-state index contributed by atoms with van der Waals surface area (Å²) in [5.74, 6) is 0.620. The average molecular weight is 247 g/mol. The Hall–Kier alpha value is -1.15. The molecule has 0 heterocycles. The van der Waals surface area contributed by atoms with Crippen LogP contribution in [0.1, 0.15) is 44.2 Å². The third-order valence-electron chi connectivity index (χ3n) is 3.42. The summed E-state index contributed by atoms with van der Waals surface area (Å²) < 4.78 is 0. The topological polar surface area (TPSA) is 43.1 Å². The van der Waals surface area contributed by atoms with Crippen molar-refractivity contribution in [2.45, 2.75) is 52.5 Å². The van der Waals surface area contributed by atoms with E-state index < -0.39 is 0 Å². The lowest BCUT2D eigenvalue weighted by molar-refractivity contribution is -0.118. The Balaban J connectivity index is 2.27. The van der Waals surface area contributed by atoms with Crippen LogP contribution < -0.4 is 5.73 Å². The number of hydrogen-bond donors (Lipinski definition) is 1. The Morgan fingerprint density at radius 3 is 2.72 bits per heavy atom. The van der Waals surface area contributed by atoms with Gasteiger partial charge in [-0.25, -0.2) is 0 Å². The molecule has 1 aromatic rings. The molecule has 0 amide bonds. The maximum atomic E-state index is 11.1. The fourth-order valence-electron chi connectivity index (χ4n) is 2.24. The average Bonchev–Trinajstić information content (AvgIpc) is 2.28. The highest BCUT2D eigenvalue weighted by Gasteiger charge is 2.12. The number of rotatable bonds is 7. The Kier molecular flexibility index (Phi) is 6.06. The number of carbonyl (C=O) groups is 1. The van der Waals surface area contributed by atoms with Crippen LogP contribution in [0.5, 0.6) is 0 Å². The first-order valence-electron chi connectivity index (χ1n) is 6.80. The van der Waals surface area contributed by atoms with Gasteiger partial charge in [-0.05, 0) is 44.6 Å². The smallest absolute Gasteiger partial charge is 0.146 e. The van der Waals surface area contributed by atoms with E-state index in [1.807, 2.05) is 0 Å². The normalized spacial score (nSPS) is 14.2. The Morgan fingerprint density at radius 1 is 1.39 bits per heavy atom. The first-order chi connectivity index (χ1) is 8.49. The minimum atomic E-state index is -0.279. The standard InChI is InChI=1S/C16H25NO/c1-12-6-4-8-15(10-12)9-5-7-13(2)11-16(17)14(3)18/h4,6,8,10,13,16H,5,7,9,11,17H2,1-3H3. The highest BCUT2D eigenvalue weighted by Crippen LogP contribution is 2.15. The monoisotopic (exact) mass is 247 g/mol. The van der Waals surface area contributed by atoms with Crippen LogP contribution in [-0.4, -0.2) is 11.8 Å². The molecule has 0 aromatic heterocycles. The van der Waals surface area contributed by atoms with Crippen LogP contribution in [0.15, 0.2) is 24.3 Å². The molecular weight excluding hydrogens is 222 g/mol. The summed E-state index contributed by atoms with van der Waals surface area (Å²) in [6, 6.07) is 8.38. The molecule has 2 nitrogen and oxygen atoms in total. The van der Waals surface area contributed by atoms with Crippen molar-refractivity contribution in [2.24, 2.45) is 11.7 Å². The summed E-state index contributed by atoms with van der Waals surface area (Å²) in [4.78, 5) is 11.1. The molecule has 1 rings (SSSR count). The molecule has 0 radical (unpaired) electrons. The molecule has 0 saturated heterocycles. The predicted molar refractivity (Wildman–Crippen MR) is 76.6 cm³/mol. The van der Waals surface area contributed by atoms with Crippen molar-refractivity contribution in [3.8, 4) is 0 Å². The molecule has 2 unspecified atom stereocenters. The van der Waals surface area contributed by atoms with Crippen molar-refractivity contribution < 1.29 is 4.79 Å². The van der Waals surface area contributed by atoms with E-state index in [1.54, 1.807) is 6.92 Å². The van der Waals surface area contributed by atoms with Crippen molar-refractivity contribution in [3.63, 3.8) is 0 Å². The summed E-state index contributed by atoms with van der Waals surface area (Å²) in [7, 11) is 0. The summed E-state index contributed by atoms with van der Waals surface area (Å²) in [5, 5.41) is 0. The lowest BCUT2D eigenvalue weighted by Crippen LogP contribution is -2.30. The van der Waals surface area contributed by atoms with E-state index in [4.69, 9.17) is 5.73 Å². The number of hydrogen-bond acceptors (Lipinski definition) is 2. The Morgan fingerprint density at radius 2 is 2.11 bits per heavy atom. The van der Waals surface area contributed by atoms with Gasteiger partial charge in [-0.2, -0.15) is 0 Å². The van der Waals surface area contributed by atoms with Gasteiger partial charge in [0.15, 0.2) is 0 Å². The van der Waals surface area contributed by atoms with Crippen molar-refractivity contribution >= 4 is 5.78 Å². The van der Waals surface area contributed by atoms with Crippen LogP contribution in [-0.2, 0) is 11.2 Å². The van der Waals surface area contributed by atoms with E-state index in [2.05, 4.69) is 38.1 Å². The van der Waals surface area contributed by atoms with Gasteiger partial charge in [0.05, 0.1) is 6.04 Å². The van der Waals surface area contributed by atoms with E-state index in [0.29, 0.717) is 5.92 Å². The molecular formula is C16H25NO. The van der Waals surface area contributed by atoms with Crippen molar-refractivity contribution in [1.29, 1.82) is 0 Å². The van der Waals surface area contributed by atoms with Crippen LogP contribution in [0.3, 0.4) is 0 Å². The second-order valence-corrected chi connectivity index (χ2v) is 5.44. The first kappa shape index (κ1) is 14.9. The van der Waals surface area contributed by atoms with Gasteiger partial charge in [-0.15, -0.1) is 0 Å². The fraction of sp³-hybridized carbons (Fsp3) is 0.562. The summed E-state index contributed by atoms with van der Waals surface area (Å²) in [6.07, 6.45) is 4.22. The highest BCUT2D eigenvalue weighted by atomic mass is 16.1. The molecule has 2 heteroatoms. The number of ketones is 1. The van der Waals surface area contributed by atoms with Gasteiger partial charge in [-0.3, -0.25) is 4.79 Å². The highest BCUT2D eigenvalue weighted by molar-refractivity contribution is 5.81. The second kappa shape index (κ2) is 7.32. The van der Waals surface area contributed by atoms with Gasteiger partial charge >= 0.3 is 0 Å². The van der Waals surface area contributed by atoms with E-state index in [-0.39, 0.29) is 11.8 Å². The molecule has 0 aliphatic heterocycles. The minimum absolute atomic E-state index is 0.0977. The summed E-state index contributed by atoms with van der Waals surface area (Å²) in [6.45, 7) is 5.88. The van der Waals surface area contributed by atoms with Crippen LogP contribution in [0.25, 0.3) is 0 Å². The van der Waals surface area contributed by atoms with Crippen LogP contribution >= 0.6 is 0 Å². The van der Waals surface area contributed by atoms with E-state index in [0.717, 1.165) is 25.7 Å². The molecule has 0 fully saturated rings. The molecule has 0 aliphatic carbocycles. The number of nitrogens with two attached hydrogens (primary N) is 1. The number of Topliss-reactive ketones (excluding diaryl/α,β-unsaturated/α-hetero) is 1.